The van der Waals surface area contributed by atoms with E-state index in [1.807, 2.05) is 43.3 Å². The number of rotatable bonds is 9. The third kappa shape index (κ3) is 5.81. The van der Waals surface area contributed by atoms with Crippen LogP contribution in [0, 0.1) is 9.49 Å². The molecule has 3 aromatic rings. The lowest BCUT2D eigenvalue weighted by Gasteiger charge is -2.30. The number of hydrogen-bond donors (Lipinski definition) is 2. The smallest absolute Gasteiger partial charge is 0.325 e. The van der Waals surface area contributed by atoms with Crippen molar-refractivity contribution < 1.29 is 19.1 Å². The highest BCUT2D eigenvalue weighted by Gasteiger charge is 2.47. The summed E-state index contributed by atoms with van der Waals surface area (Å²) in [4.78, 5) is 41.6. The summed E-state index contributed by atoms with van der Waals surface area (Å²) in [6.07, 6.45) is 2.39. The molecular formula is C29H27ClIN3O4. The van der Waals surface area contributed by atoms with Crippen LogP contribution in [0.4, 0.5) is 10.5 Å². The van der Waals surface area contributed by atoms with Gasteiger partial charge in [-0.25, -0.2) is 9.69 Å². The van der Waals surface area contributed by atoms with Gasteiger partial charge in [0, 0.05) is 9.49 Å². The lowest BCUT2D eigenvalue weighted by molar-refractivity contribution is -0.134. The molecule has 1 aliphatic heterocycles. The van der Waals surface area contributed by atoms with Crippen LogP contribution in [0.15, 0.2) is 72.8 Å². The number of ether oxygens (including phenoxy) is 1. The number of imide groups is 1. The largest absolute Gasteiger partial charge is 0.493 e. The van der Waals surface area contributed by atoms with Gasteiger partial charge in [0.05, 0.1) is 17.3 Å². The van der Waals surface area contributed by atoms with Crippen molar-refractivity contribution in [3.05, 3.63) is 92.5 Å². The molecule has 2 fully saturated rings. The molecular weight excluding hydrogens is 617 g/mol. The van der Waals surface area contributed by atoms with Gasteiger partial charge in [-0.1, -0.05) is 61.0 Å². The Morgan fingerprint density at radius 1 is 1.11 bits per heavy atom. The van der Waals surface area contributed by atoms with Crippen molar-refractivity contribution in [2.24, 2.45) is 5.92 Å². The summed E-state index contributed by atoms with van der Waals surface area (Å²) in [7, 11) is 0. The summed E-state index contributed by atoms with van der Waals surface area (Å²) in [5.41, 5.74) is 1.85. The predicted molar refractivity (Wildman–Crippen MR) is 154 cm³/mol. The van der Waals surface area contributed by atoms with E-state index in [1.165, 1.54) is 12.8 Å². The average molecular weight is 644 g/mol. The standard InChI is InChI=1S/C29H27ClIN3O4/c1-17(19-5-3-2-4-6-19)26(27(35)32-24-14-11-21(31)15-23(24)30)34-28(36)25(33-29(34)37)20-9-12-22(13-10-20)38-16-18-7-8-18/h2-6,9-15,17-18,25-26H,7-8,16H2,1H3,(H,32,35)(H,33,37)/t17?,25-,26?/m1/s1. The molecule has 3 aromatic carbocycles. The number of amides is 4. The molecule has 9 heteroatoms. The number of anilines is 1. The monoisotopic (exact) mass is 643 g/mol. The summed E-state index contributed by atoms with van der Waals surface area (Å²) >= 11 is 8.49. The number of nitrogens with zero attached hydrogens (tertiary/aromatic N) is 1. The molecule has 0 radical (unpaired) electrons. The lowest BCUT2D eigenvalue weighted by Crippen LogP contribution is -2.50. The molecule has 38 heavy (non-hydrogen) atoms. The predicted octanol–water partition coefficient (Wildman–Crippen LogP) is 6.14. The van der Waals surface area contributed by atoms with E-state index in [-0.39, 0.29) is 0 Å². The zero-order valence-electron chi connectivity index (χ0n) is 20.7. The van der Waals surface area contributed by atoms with E-state index >= 15 is 0 Å². The Kier molecular flexibility index (Phi) is 7.90. The number of hydrogen-bond acceptors (Lipinski definition) is 4. The lowest BCUT2D eigenvalue weighted by atomic mass is 9.91. The minimum absolute atomic E-state index is 0.371. The van der Waals surface area contributed by atoms with Gasteiger partial charge in [-0.05, 0) is 82.8 Å². The Morgan fingerprint density at radius 3 is 2.47 bits per heavy atom. The van der Waals surface area contributed by atoms with Gasteiger partial charge >= 0.3 is 6.03 Å². The van der Waals surface area contributed by atoms with Gasteiger partial charge in [-0.15, -0.1) is 0 Å². The topological polar surface area (TPSA) is 87.7 Å². The molecule has 0 spiro atoms. The van der Waals surface area contributed by atoms with Crippen molar-refractivity contribution >= 4 is 57.7 Å². The maximum Gasteiger partial charge on any atom is 0.325 e. The van der Waals surface area contributed by atoms with E-state index in [4.69, 9.17) is 16.3 Å². The molecule has 2 aliphatic rings. The maximum atomic E-state index is 13.7. The van der Waals surface area contributed by atoms with Crippen LogP contribution in [-0.4, -0.2) is 35.4 Å². The Bertz CT molecular complexity index is 1350. The van der Waals surface area contributed by atoms with Gasteiger partial charge < -0.3 is 15.4 Å². The molecule has 1 aliphatic carbocycles. The highest BCUT2D eigenvalue weighted by atomic mass is 127. The fourth-order valence-corrected chi connectivity index (χ4v) is 5.45. The summed E-state index contributed by atoms with van der Waals surface area (Å²) in [6.45, 7) is 2.51. The van der Waals surface area contributed by atoms with Crippen LogP contribution in [0.25, 0.3) is 0 Å². The third-order valence-corrected chi connectivity index (χ3v) is 7.89. The summed E-state index contributed by atoms with van der Waals surface area (Å²) < 4.78 is 6.71. The Labute approximate surface area is 240 Å². The van der Waals surface area contributed by atoms with Crippen LogP contribution in [0.1, 0.15) is 42.9 Å². The number of benzene rings is 3. The SMILES string of the molecule is CC(c1ccccc1)C(C(=O)Nc1ccc(I)cc1Cl)N1C(=O)N[C@H](c2ccc(OCC3CC3)cc2)C1=O. The van der Waals surface area contributed by atoms with Crippen LogP contribution in [0.5, 0.6) is 5.75 Å². The van der Waals surface area contributed by atoms with Crippen LogP contribution >= 0.6 is 34.2 Å². The van der Waals surface area contributed by atoms with Crippen molar-refractivity contribution in [3.8, 4) is 5.75 Å². The number of halogens is 2. The highest BCUT2D eigenvalue weighted by molar-refractivity contribution is 14.1. The molecule has 0 aromatic heterocycles. The molecule has 2 unspecified atom stereocenters. The number of carbonyl (C=O) groups is 3. The average Bonchev–Trinajstić information content (AvgIpc) is 3.70. The van der Waals surface area contributed by atoms with Crippen molar-refractivity contribution in [2.75, 3.05) is 11.9 Å². The van der Waals surface area contributed by atoms with Crippen LogP contribution in [-0.2, 0) is 9.59 Å². The van der Waals surface area contributed by atoms with Crippen LogP contribution < -0.4 is 15.4 Å². The molecule has 2 N–H and O–H groups in total. The number of nitrogens with one attached hydrogen (secondary N) is 2. The fraction of sp³-hybridized carbons (Fsp3) is 0.276. The van der Waals surface area contributed by atoms with Gasteiger partial charge in [0.2, 0.25) is 5.91 Å². The summed E-state index contributed by atoms with van der Waals surface area (Å²) in [5.74, 6) is -0.122. The van der Waals surface area contributed by atoms with Crippen LogP contribution in [0.3, 0.4) is 0 Å². The second kappa shape index (κ2) is 11.3. The Hall–Kier alpha value is -3.11. The van der Waals surface area contributed by atoms with E-state index in [9.17, 15) is 14.4 Å². The minimum Gasteiger partial charge on any atom is -0.493 e. The van der Waals surface area contributed by atoms with Gasteiger partial charge in [0.15, 0.2) is 0 Å². The molecule has 1 saturated carbocycles. The number of urea groups is 1. The highest BCUT2D eigenvalue weighted by Crippen LogP contribution is 2.33. The van der Waals surface area contributed by atoms with E-state index < -0.39 is 35.8 Å². The fourth-order valence-electron chi connectivity index (χ4n) is 4.54. The molecule has 0 bridgehead atoms. The number of carbonyl (C=O) groups excluding carboxylic acids is 3. The molecule has 196 valence electrons. The van der Waals surface area contributed by atoms with Gasteiger partial charge in [-0.2, -0.15) is 0 Å². The quantitative estimate of drug-likeness (QED) is 0.217. The third-order valence-electron chi connectivity index (χ3n) is 6.90. The molecule has 1 saturated heterocycles. The van der Waals surface area contributed by atoms with Crippen molar-refractivity contribution in [1.82, 2.24) is 10.2 Å². The first kappa shape index (κ1) is 26.5. The zero-order valence-corrected chi connectivity index (χ0v) is 23.6. The van der Waals surface area contributed by atoms with Gasteiger partial charge in [0.1, 0.15) is 17.8 Å². The zero-order chi connectivity index (χ0) is 26.8. The van der Waals surface area contributed by atoms with Crippen molar-refractivity contribution in [3.63, 3.8) is 0 Å². The van der Waals surface area contributed by atoms with E-state index in [1.54, 1.807) is 36.4 Å². The Balaban J connectivity index is 1.41. The van der Waals surface area contributed by atoms with Crippen LogP contribution in [0.2, 0.25) is 5.02 Å². The molecule has 4 amide bonds. The van der Waals surface area contributed by atoms with Gasteiger partial charge in [0.25, 0.3) is 5.91 Å². The summed E-state index contributed by atoms with van der Waals surface area (Å²) in [5, 5.41) is 5.97. The first-order chi connectivity index (χ1) is 18.3. The molecule has 3 atom stereocenters. The second-order valence-corrected chi connectivity index (χ2v) is 11.3. The van der Waals surface area contributed by atoms with E-state index in [2.05, 4.69) is 33.2 Å². The normalized spacial score (nSPS) is 18.6. The van der Waals surface area contributed by atoms with Crippen molar-refractivity contribution in [1.29, 1.82) is 0 Å². The maximum absolute atomic E-state index is 13.7. The van der Waals surface area contributed by atoms with E-state index in [0.717, 1.165) is 19.8 Å². The minimum atomic E-state index is -1.11. The second-order valence-electron chi connectivity index (χ2n) is 9.67. The Morgan fingerprint density at radius 2 is 1.82 bits per heavy atom. The summed E-state index contributed by atoms with van der Waals surface area (Å²) in [6, 6.07) is 19.1. The first-order valence-corrected chi connectivity index (χ1v) is 13.9. The van der Waals surface area contributed by atoms with E-state index in [0.29, 0.717) is 28.8 Å². The molecule has 7 nitrogen and oxygen atoms in total. The molecule has 1 heterocycles. The first-order valence-electron chi connectivity index (χ1n) is 12.5. The van der Waals surface area contributed by atoms with Gasteiger partial charge in [-0.3, -0.25) is 9.59 Å². The molecule has 5 rings (SSSR count). The van der Waals surface area contributed by atoms with Crippen molar-refractivity contribution in [2.45, 2.75) is 37.8 Å².